The molecule has 3 aromatic carbocycles. The van der Waals surface area contributed by atoms with Gasteiger partial charge in [0.2, 0.25) is 5.90 Å². The second kappa shape index (κ2) is 6.80. The van der Waals surface area contributed by atoms with Gasteiger partial charge >= 0.3 is 0 Å². The molecule has 5 heteroatoms. The van der Waals surface area contributed by atoms with Gasteiger partial charge in [0.05, 0.1) is 4.92 Å². The fourth-order valence-electron chi connectivity index (χ4n) is 3.07. The van der Waals surface area contributed by atoms with Crippen LogP contribution in [-0.2, 0) is 4.74 Å². The largest absolute Gasteiger partial charge is 0.467 e. The first kappa shape index (κ1) is 16.0. The SMILES string of the molecule is O=[N+]([O-])c1ccc(C2=N[C@H](c3ccccc3)[C@H](c3ccccc3)O2)cc1. The van der Waals surface area contributed by atoms with Gasteiger partial charge in [-0.1, -0.05) is 60.7 Å². The van der Waals surface area contributed by atoms with Gasteiger partial charge in [0, 0.05) is 17.7 Å². The van der Waals surface area contributed by atoms with E-state index >= 15 is 0 Å². The number of hydrogen-bond acceptors (Lipinski definition) is 4. The van der Waals surface area contributed by atoms with Crippen molar-refractivity contribution in [2.45, 2.75) is 12.1 Å². The van der Waals surface area contributed by atoms with Crippen molar-refractivity contribution >= 4 is 11.6 Å². The lowest BCUT2D eigenvalue weighted by Gasteiger charge is -2.18. The lowest BCUT2D eigenvalue weighted by molar-refractivity contribution is -0.384. The standard InChI is InChI=1S/C21H16N2O3/c24-23(25)18-13-11-17(12-14-18)21-22-19(15-7-3-1-4-8-15)20(26-21)16-9-5-2-6-10-16/h1-14,19-20H/t19-,20+/m1/s1. The number of aliphatic imine (C=N–C) groups is 1. The highest BCUT2D eigenvalue weighted by atomic mass is 16.6. The first-order valence-corrected chi connectivity index (χ1v) is 8.31. The minimum Gasteiger partial charge on any atom is -0.467 e. The molecule has 128 valence electrons. The van der Waals surface area contributed by atoms with Crippen molar-refractivity contribution < 1.29 is 9.66 Å². The maximum atomic E-state index is 10.9. The molecule has 1 aliphatic heterocycles. The Morgan fingerprint density at radius 2 is 1.38 bits per heavy atom. The molecule has 0 unspecified atom stereocenters. The van der Waals surface area contributed by atoms with Crippen molar-refractivity contribution in [3.63, 3.8) is 0 Å². The van der Waals surface area contributed by atoms with Gasteiger partial charge in [0.25, 0.3) is 5.69 Å². The predicted octanol–water partition coefficient (Wildman–Crippen LogP) is 4.85. The Morgan fingerprint density at radius 1 is 0.808 bits per heavy atom. The molecule has 0 N–H and O–H groups in total. The summed E-state index contributed by atoms with van der Waals surface area (Å²) in [6.45, 7) is 0. The number of nitro benzene ring substituents is 1. The van der Waals surface area contributed by atoms with Crippen LogP contribution in [-0.4, -0.2) is 10.8 Å². The summed E-state index contributed by atoms with van der Waals surface area (Å²) in [6, 6.07) is 26.1. The van der Waals surface area contributed by atoms with Crippen molar-refractivity contribution in [2.75, 3.05) is 0 Å². The predicted molar refractivity (Wildman–Crippen MR) is 99.1 cm³/mol. The van der Waals surface area contributed by atoms with Gasteiger partial charge in [-0.05, 0) is 23.3 Å². The van der Waals surface area contributed by atoms with Crippen molar-refractivity contribution in [1.82, 2.24) is 0 Å². The Balaban J connectivity index is 1.71. The van der Waals surface area contributed by atoms with E-state index in [0.717, 1.165) is 16.7 Å². The van der Waals surface area contributed by atoms with Crippen molar-refractivity contribution in [2.24, 2.45) is 4.99 Å². The van der Waals surface area contributed by atoms with Crippen LogP contribution in [0.1, 0.15) is 28.8 Å². The molecule has 0 fully saturated rings. The van der Waals surface area contributed by atoms with Gasteiger partial charge in [-0.3, -0.25) is 10.1 Å². The molecule has 26 heavy (non-hydrogen) atoms. The van der Waals surface area contributed by atoms with E-state index in [-0.39, 0.29) is 17.8 Å². The van der Waals surface area contributed by atoms with E-state index in [1.165, 1.54) is 12.1 Å². The van der Waals surface area contributed by atoms with Gasteiger partial charge < -0.3 is 4.74 Å². The lowest BCUT2D eigenvalue weighted by atomic mass is 9.97. The maximum Gasteiger partial charge on any atom is 0.269 e. The summed E-state index contributed by atoms with van der Waals surface area (Å²) in [5, 5.41) is 10.9. The van der Waals surface area contributed by atoms with Crippen molar-refractivity contribution in [1.29, 1.82) is 0 Å². The fourth-order valence-corrected chi connectivity index (χ4v) is 3.07. The Bertz CT molecular complexity index is 938. The molecular weight excluding hydrogens is 328 g/mol. The van der Waals surface area contributed by atoms with Crippen LogP contribution >= 0.6 is 0 Å². The van der Waals surface area contributed by atoms with Gasteiger partial charge in [0.15, 0.2) is 6.10 Å². The number of ether oxygens (including phenoxy) is 1. The Morgan fingerprint density at radius 3 is 1.96 bits per heavy atom. The minimum absolute atomic E-state index is 0.0477. The van der Waals surface area contributed by atoms with Crippen molar-refractivity contribution in [3.05, 3.63) is 112 Å². The van der Waals surface area contributed by atoms with E-state index in [2.05, 4.69) is 0 Å². The van der Waals surface area contributed by atoms with Gasteiger partial charge in [-0.25, -0.2) is 4.99 Å². The normalized spacial score (nSPS) is 18.8. The summed E-state index contributed by atoms with van der Waals surface area (Å²) >= 11 is 0. The zero-order valence-electron chi connectivity index (χ0n) is 13.9. The van der Waals surface area contributed by atoms with Crippen LogP contribution in [0.2, 0.25) is 0 Å². The quantitative estimate of drug-likeness (QED) is 0.502. The first-order valence-electron chi connectivity index (χ1n) is 8.31. The summed E-state index contributed by atoms with van der Waals surface area (Å²) in [5.41, 5.74) is 2.89. The van der Waals surface area contributed by atoms with Crippen LogP contribution in [0.5, 0.6) is 0 Å². The van der Waals surface area contributed by atoms with E-state index in [1.807, 2.05) is 60.7 Å². The minimum atomic E-state index is -0.416. The summed E-state index contributed by atoms with van der Waals surface area (Å²) in [6.07, 6.45) is -0.233. The van der Waals surface area contributed by atoms with Gasteiger partial charge in [-0.15, -0.1) is 0 Å². The van der Waals surface area contributed by atoms with Crippen LogP contribution in [0.15, 0.2) is 89.9 Å². The molecule has 0 aliphatic carbocycles. The highest BCUT2D eigenvalue weighted by molar-refractivity contribution is 5.95. The van der Waals surface area contributed by atoms with E-state index < -0.39 is 4.92 Å². The Labute approximate surface area is 150 Å². The average Bonchev–Trinajstić information content (AvgIpc) is 3.15. The molecule has 4 rings (SSSR count). The van der Waals surface area contributed by atoms with Gasteiger partial charge in [-0.2, -0.15) is 0 Å². The first-order chi connectivity index (χ1) is 12.7. The molecule has 1 aliphatic rings. The number of nitrogens with zero attached hydrogens (tertiary/aromatic N) is 2. The van der Waals surface area contributed by atoms with Crippen LogP contribution < -0.4 is 0 Å². The summed E-state index contributed by atoms with van der Waals surface area (Å²) in [7, 11) is 0. The number of benzene rings is 3. The molecule has 2 atom stereocenters. The third-order valence-corrected chi connectivity index (χ3v) is 4.38. The second-order valence-electron chi connectivity index (χ2n) is 6.04. The third kappa shape index (κ3) is 3.07. The molecule has 1 heterocycles. The van der Waals surface area contributed by atoms with Crippen LogP contribution in [0.3, 0.4) is 0 Å². The molecular formula is C21H16N2O3. The summed E-state index contributed by atoms with van der Waals surface area (Å²) < 4.78 is 6.18. The molecule has 0 amide bonds. The van der Waals surface area contributed by atoms with E-state index in [0.29, 0.717) is 5.90 Å². The number of hydrogen-bond donors (Lipinski definition) is 0. The fraction of sp³-hybridized carbons (Fsp3) is 0.0952. The van der Waals surface area contributed by atoms with E-state index in [1.54, 1.807) is 12.1 Å². The molecule has 0 saturated carbocycles. The van der Waals surface area contributed by atoms with Crippen molar-refractivity contribution in [3.8, 4) is 0 Å². The van der Waals surface area contributed by atoms with Gasteiger partial charge in [0.1, 0.15) is 6.04 Å². The van der Waals surface area contributed by atoms with Crippen LogP contribution in [0.25, 0.3) is 0 Å². The number of rotatable bonds is 4. The Kier molecular flexibility index (Phi) is 4.19. The molecule has 0 radical (unpaired) electrons. The second-order valence-corrected chi connectivity index (χ2v) is 6.04. The zero-order valence-corrected chi connectivity index (χ0v) is 13.9. The number of non-ortho nitro benzene ring substituents is 1. The van der Waals surface area contributed by atoms with E-state index in [4.69, 9.17) is 9.73 Å². The average molecular weight is 344 g/mol. The molecule has 5 nitrogen and oxygen atoms in total. The smallest absolute Gasteiger partial charge is 0.269 e. The monoisotopic (exact) mass is 344 g/mol. The molecule has 0 saturated heterocycles. The summed E-state index contributed by atoms with van der Waals surface area (Å²) in [5.74, 6) is 0.502. The third-order valence-electron chi connectivity index (χ3n) is 4.38. The zero-order chi connectivity index (χ0) is 17.9. The molecule has 0 bridgehead atoms. The van der Waals surface area contributed by atoms with E-state index in [9.17, 15) is 10.1 Å². The summed E-state index contributed by atoms with van der Waals surface area (Å²) in [4.78, 5) is 15.2. The molecule has 0 spiro atoms. The Hall–Kier alpha value is -3.47. The van der Waals surface area contributed by atoms with Crippen LogP contribution in [0.4, 0.5) is 5.69 Å². The van der Waals surface area contributed by atoms with Crippen LogP contribution in [0, 0.1) is 10.1 Å². The molecule has 3 aromatic rings. The lowest BCUT2D eigenvalue weighted by Crippen LogP contribution is -2.09. The molecule has 0 aromatic heterocycles. The highest BCUT2D eigenvalue weighted by Crippen LogP contribution is 2.41. The number of nitro groups is 1. The highest BCUT2D eigenvalue weighted by Gasteiger charge is 2.34. The maximum absolute atomic E-state index is 10.9. The topological polar surface area (TPSA) is 64.7 Å².